The summed E-state index contributed by atoms with van der Waals surface area (Å²) < 4.78 is 10.7. The van der Waals surface area contributed by atoms with Gasteiger partial charge in [-0.05, 0) is 19.4 Å². The maximum atomic E-state index is 12.7. The number of ether oxygens (including phenoxy) is 2. The number of aryl methyl sites for hydroxylation is 1. The van der Waals surface area contributed by atoms with Gasteiger partial charge in [-0.15, -0.1) is 0 Å². The van der Waals surface area contributed by atoms with Crippen LogP contribution in [0, 0.1) is 6.92 Å². The molecule has 2 rings (SSSR count). The van der Waals surface area contributed by atoms with E-state index >= 15 is 0 Å². The van der Waals surface area contributed by atoms with Crippen molar-refractivity contribution in [2.24, 2.45) is 0 Å². The van der Waals surface area contributed by atoms with Crippen molar-refractivity contribution >= 4 is 17.9 Å². The molecule has 2 aromatic carbocycles. The Labute approximate surface area is 163 Å². The maximum Gasteiger partial charge on any atom is 0.352 e. The van der Waals surface area contributed by atoms with Crippen LogP contribution >= 0.6 is 0 Å². The van der Waals surface area contributed by atoms with Crippen LogP contribution in [-0.2, 0) is 23.9 Å². The van der Waals surface area contributed by atoms with Crippen molar-refractivity contribution in [3.63, 3.8) is 0 Å². The molecule has 0 aliphatic carbocycles. The second-order valence-corrected chi connectivity index (χ2v) is 6.36. The van der Waals surface area contributed by atoms with E-state index < -0.39 is 36.5 Å². The third-order valence-electron chi connectivity index (χ3n) is 4.03. The van der Waals surface area contributed by atoms with E-state index in [1.807, 2.05) is 37.3 Å². The molecule has 0 radical (unpaired) electrons. The molecular weight excluding hydrogens is 360 g/mol. The van der Waals surface area contributed by atoms with Gasteiger partial charge in [0, 0.05) is 11.1 Å². The Morgan fingerprint density at radius 1 is 0.964 bits per heavy atom. The van der Waals surface area contributed by atoms with Crippen LogP contribution in [0.3, 0.4) is 0 Å². The van der Waals surface area contributed by atoms with Gasteiger partial charge in [0.15, 0.2) is 0 Å². The standard InChI is InChI=1S/C22H22O6/c1-14-9-11-18(12-10-14)20(28-21(25)15(2)13-19(23)24)22(26)27-16(3)17-7-5-4-6-8-17/h4-12,16,20H,2,13H2,1,3H3,(H,23,24). The highest BCUT2D eigenvalue weighted by Gasteiger charge is 2.29. The lowest BCUT2D eigenvalue weighted by Crippen LogP contribution is -2.24. The van der Waals surface area contributed by atoms with Crippen LogP contribution in [0.15, 0.2) is 66.7 Å². The van der Waals surface area contributed by atoms with E-state index in [4.69, 9.17) is 14.6 Å². The molecule has 0 heterocycles. The lowest BCUT2D eigenvalue weighted by Gasteiger charge is -2.21. The van der Waals surface area contributed by atoms with Crippen molar-refractivity contribution in [2.45, 2.75) is 32.5 Å². The predicted molar refractivity (Wildman–Crippen MR) is 102 cm³/mol. The van der Waals surface area contributed by atoms with Gasteiger partial charge in [0.05, 0.1) is 6.42 Å². The quantitative estimate of drug-likeness (QED) is 0.550. The molecular formula is C22H22O6. The molecule has 0 saturated heterocycles. The number of carbonyl (C=O) groups is 3. The molecule has 0 fully saturated rings. The summed E-state index contributed by atoms with van der Waals surface area (Å²) in [6.07, 6.45) is -2.46. The highest BCUT2D eigenvalue weighted by molar-refractivity contribution is 5.94. The average molecular weight is 382 g/mol. The van der Waals surface area contributed by atoms with Gasteiger partial charge in [-0.2, -0.15) is 0 Å². The van der Waals surface area contributed by atoms with Gasteiger partial charge in [-0.1, -0.05) is 66.7 Å². The number of carboxylic acid groups (broad SMARTS) is 1. The Morgan fingerprint density at radius 2 is 1.57 bits per heavy atom. The fraction of sp³-hybridized carbons (Fsp3) is 0.227. The van der Waals surface area contributed by atoms with Crippen LogP contribution in [-0.4, -0.2) is 23.0 Å². The van der Waals surface area contributed by atoms with E-state index in [9.17, 15) is 14.4 Å². The first-order chi connectivity index (χ1) is 13.3. The van der Waals surface area contributed by atoms with Gasteiger partial charge in [0.2, 0.25) is 6.10 Å². The van der Waals surface area contributed by atoms with Gasteiger partial charge in [-0.25, -0.2) is 9.59 Å². The van der Waals surface area contributed by atoms with Gasteiger partial charge in [-0.3, -0.25) is 4.79 Å². The highest BCUT2D eigenvalue weighted by atomic mass is 16.6. The van der Waals surface area contributed by atoms with Crippen molar-refractivity contribution in [2.75, 3.05) is 0 Å². The average Bonchev–Trinajstić information content (AvgIpc) is 2.66. The summed E-state index contributed by atoms with van der Waals surface area (Å²) in [6, 6.07) is 16.0. The van der Waals surface area contributed by atoms with Crippen LogP contribution in [0.1, 0.15) is 42.2 Å². The SMILES string of the molecule is C=C(CC(=O)O)C(=O)OC(C(=O)OC(C)c1ccccc1)c1ccc(C)cc1. The van der Waals surface area contributed by atoms with Crippen molar-refractivity contribution in [3.8, 4) is 0 Å². The zero-order valence-electron chi connectivity index (χ0n) is 15.8. The van der Waals surface area contributed by atoms with E-state index in [1.165, 1.54) is 0 Å². The molecule has 28 heavy (non-hydrogen) atoms. The molecule has 0 aliphatic rings. The Bertz CT molecular complexity index is 854. The number of benzene rings is 2. The molecule has 6 nitrogen and oxygen atoms in total. The van der Waals surface area contributed by atoms with E-state index in [1.54, 1.807) is 31.2 Å². The van der Waals surface area contributed by atoms with Crippen molar-refractivity contribution in [1.29, 1.82) is 0 Å². The third-order valence-corrected chi connectivity index (χ3v) is 4.03. The molecule has 6 heteroatoms. The third kappa shape index (κ3) is 5.81. The predicted octanol–water partition coefficient (Wildman–Crippen LogP) is 3.91. The molecule has 146 valence electrons. The molecule has 0 bridgehead atoms. The van der Waals surface area contributed by atoms with Gasteiger partial charge >= 0.3 is 17.9 Å². The van der Waals surface area contributed by atoms with Gasteiger partial charge < -0.3 is 14.6 Å². The van der Waals surface area contributed by atoms with Crippen molar-refractivity contribution in [3.05, 3.63) is 83.4 Å². The summed E-state index contributed by atoms with van der Waals surface area (Å²) in [5.41, 5.74) is 1.93. The summed E-state index contributed by atoms with van der Waals surface area (Å²) in [5.74, 6) is -2.93. The van der Waals surface area contributed by atoms with Gasteiger partial charge in [0.1, 0.15) is 6.10 Å². The minimum absolute atomic E-state index is 0.256. The lowest BCUT2D eigenvalue weighted by atomic mass is 10.1. The van der Waals surface area contributed by atoms with E-state index in [2.05, 4.69) is 6.58 Å². The lowest BCUT2D eigenvalue weighted by molar-refractivity contribution is -0.170. The minimum Gasteiger partial charge on any atom is -0.481 e. The monoisotopic (exact) mass is 382 g/mol. The Kier molecular flexibility index (Phi) is 7.09. The summed E-state index contributed by atoms with van der Waals surface area (Å²) in [4.78, 5) is 35.7. The second kappa shape index (κ2) is 9.50. The number of rotatable bonds is 8. The molecule has 0 aromatic heterocycles. The summed E-state index contributed by atoms with van der Waals surface area (Å²) in [6.45, 7) is 7.01. The number of carboxylic acids is 1. The van der Waals surface area contributed by atoms with Gasteiger partial charge in [0.25, 0.3) is 0 Å². The molecule has 0 saturated carbocycles. The topological polar surface area (TPSA) is 89.9 Å². The largest absolute Gasteiger partial charge is 0.481 e. The summed E-state index contributed by atoms with van der Waals surface area (Å²) >= 11 is 0. The fourth-order valence-corrected chi connectivity index (χ4v) is 2.47. The molecule has 0 amide bonds. The number of hydrogen-bond donors (Lipinski definition) is 1. The zero-order valence-corrected chi connectivity index (χ0v) is 15.8. The first kappa shape index (κ1) is 20.9. The number of carbonyl (C=O) groups excluding carboxylic acids is 2. The Hall–Kier alpha value is -3.41. The molecule has 0 aliphatic heterocycles. The van der Waals surface area contributed by atoms with Crippen LogP contribution in [0.4, 0.5) is 0 Å². The fourth-order valence-electron chi connectivity index (χ4n) is 2.47. The zero-order chi connectivity index (χ0) is 20.7. The van der Waals surface area contributed by atoms with Crippen LogP contribution in [0.25, 0.3) is 0 Å². The van der Waals surface area contributed by atoms with Crippen molar-refractivity contribution < 1.29 is 29.0 Å². The number of aliphatic carboxylic acids is 1. The maximum absolute atomic E-state index is 12.7. The first-order valence-corrected chi connectivity index (χ1v) is 8.70. The molecule has 0 spiro atoms. The summed E-state index contributed by atoms with van der Waals surface area (Å²) in [5, 5.41) is 8.81. The van der Waals surface area contributed by atoms with E-state index in [0.29, 0.717) is 5.56 Å². The first-order valence-electron chi connectivity index (χ1n) is 8.70. The molecule has 2 unspecified atom stereocenters. The van der Waals surface area contributed by atoms with E-state index in [0.717, 1.165) is 11.1 Å². The minimum atomic E-state index is -1.33. The number of hydrogen-bond acceptors (Lipinski definition) is 5. The Morgan fingerprint density at radius 3 is 2.14 bits per heavy atom. The van der Waals surface area contributed by atoms with Crippen molar-refractivity contribution in [1.82, 2.24) is 0 Å². The van der Waals surface area contributed by atoms with Crippen LogP contribution < -0.4 is 0 Å². The van der Waals surface area contributed by atoms with E-state index in [-0.39, 0.29) is 5.57 Å². The van der Waals surface area contributed by atoms with Crippen LogP contribution in [0.2, 0.25) is 0 Å². The smallest absolute Gasteiger partial charge is 0.352 e. The van der Waals surface area contributed by atoms with Crippen LogP contribution in [0.5, 0.6) is 0 Å². The number of esters is 2. The molecule has 2 aromatic rings. The second-order valence-electron chi connectivity index (χ2n) is 6.36. The molecule has 1 N–H and O–H groups in total. The normalized spacial score (nSPS) is 12.5. The summed E-state index contributed by atoms with van der Waals surface area (Å²) in [7, 11) is 0. The molecule has 2 atom stereocenters. The Balaban J connectivity index is 2.21. The highest BCUT2D eigenvalue weighted by Crippen LogP contribution is 2.25.